The van der Waals surface area contributed by atoms with Crippen molar-refractivity contribution in [3.05, 3.63) is 0 Å². The van der Waals surface area contributed by atoms with E-state index in [4.69, 9.17) is 0 Å². The first-order chi connectivity index (χ1) is 7.52. The van der Waals surface area contributed by atoms with Crippen LogP contribution in [0.2, 0.25) is 0 Å². The van der Waals surface area contributed by atoms with Crippen LogP contribution in [-0.2, 0) is 0 Å². The molecule has 98 valence electrons. The molecule has 2 unspecified atom stereocenters. The van der Waals surface area contributed by atoms with Gasteiger partial charge in [-0.05, 0) is 39.3 Å². The molecule has 0 aliphatic heterocycles. The smallest absolute Gasteiger partial charge is 0.0220 e. The number of nitrogens with zero attached hydrogens (tertiary/aromatic N) is 1. The van der Waals surface area contributed by atoms with E-state index in [-0.39, 0.29) is 0 Å². The van der Waals surface area contributed by atoms with Gasteiger partial charge in [0.05, 0.1) is 0 Å². The average Bonchev–Trinajstić information content (AvgIpc) is 2.25. The second-order valence-corrected chi connectivity index (χ2v) is 5.42. The van der Waals surface area contributed by atoms with Crippen LogP contribution in [0, 0.1) is 5.92 Å². The Hall–Kier alpha value is -0.0800. The summed E-state index contributed by atoms with van der Waals surface area (Å²) in [4.78, 5) is 2.54. The topological polar surface area (TPSA) is 15.3 Å². The van der Waals surface area contributed by atoms with E-state index >= 15 is 0 Å². The number of likely N-dealkylation sites (N-methyl/N-ethyl adjacent to an activating group) is 1. The lowest BCUT2D eigenvalue weighted by Crippen LogP contribution is -2.44. The zero-order chi connectivity index (χ0) is 12.6. The zero-order valence-corrected chi connectivity index (χ0v) is 12.2. The van der Waals surface area contributed by atoms with Crippen molar-refractivity contribution < 1.29 is 0 Å². The fraction of sp³-hybridized carbons (Fsp3) is 1.00. The van der Waals surface area contributed by atoms with Crippen molar-refractivity contribution in [2.24, 2.45) is 5.92 Å². The highest BCUT2D eigenvalue weighted by atomic mass is 15.2. The lowest BCUT2D eigenvalue weighted by atomic mass is 10.1. The van der Waals surface area contributed by atoms with E-state index < -0.39 is 0 Å². The highest BCUT2D eigenvalue weighted by Crippen LogP contribution is 2.10. The van der Waals surface area contributed by atoms with Gasteiger partial charge in [0.1, 0.15) is 0 Å². The number of rotatable bonds is 9. The molecule has 2 nitrogen and oxygen atoms in total. The van der Waals surface area contributed by atoms with Crippen LogP contribution in [0.15, 0.2) is 0 Å². The zero-order valence-electron chi connectivity index (χ0n) is 12.2. The minimum Gasteiger partial charge on any atom is -0.315 e. The van der Waals surface area contributed by atoms with E-state index in [1.807, 2.05) is 0 Å². The third kappa shape index (κ3) is 6.49. The number of hydrogen-bond acceptors (Lipinski definition) is 2. The van der Waals surface area contributed by atoms with Crippen LogP contribution in [0.25, 0.3) is 0 Å². The van der Waals surface area contributed by atoms with Crippen LogP contribution >= 0.6 is 0 Å². The largest absolute Gasteiger partial charge is 0.315 e. The van der Waals surface area contributed by atoms with Crippen LogP contribution in [0.3, 0.4) is 0 Å². The van der Waals surface area contributed by atoms with E-state index in [9.17, 15) is 0 Å². The third-order valence-electron chi connectivity index (χ3n) is 3.42. The molecule has 1 N–H and O–H groups in total. The van der Waals surface area contributed by atoms with Gasteiger partial charge in [0, 0.05) is 18.6 Å². The Morgan fingerprint density at radius 1 is 1.06 bits per heavy atom. The normalized spacial score (nSPS) is 15.8. The van der Waals surface area contributed by atoms with Crippen LogP contribution in [0.5, 0.6) is 0 Å². The lowest BCUT2D eigenvalue weighted by molar-refractivity contribution is 0.165. The monoisotopic (exact) mass is 228 g/mol. The van der Waals surface area contributed by atoms with E-state index in [0.29, 0.717) is 12.1 Å². The molecule has 0 aliphatic carbocycles. The van der Waals surface area contributed by atoms with E-state index in [2.05, 4.69) is 51.9 Å². The molecule has 0 aromatic heterocycles. The summed E-state index contributed by atoms with van der Waals surface area (Å²) in [6.07, 6.45) is 3.81. The van der Waals surface area contributed by atoms with Crippen molar-refractivity contribution in [2.75, 3.05) is 20.1 Å². The molecule has 0 rings (SSSR count). The van der Waals surface area contributed by atoms with Gasteiger partial charge in [0.2, 0.25) is 0 Å². The molecule has 0 spiro atoms. The van der Waals surface area contributed by atoms with E-state index in [1.165, 1.54) is 19.3 Å². The van der Waals surface area contributed by atoms with E-state index in [0.717, 1.165) is 19.0 Å². The van der Waals surface area contributed by atoms with Gasteiger partial charge in [0.15, 0.2) is 0 Å². The molecule has 0 aromatic carbocycles. The van der Waals surface area contributed by atoms with Gasteiger partial charge in [0.25, 0.3) is 0 Å². The predicted molar refractivity (Wildman–Crippen MR) is 73.9 cm³/mol. The summed E-state index contributed by atoms with van der Waals surface area (Å²) in [5.74, 6) is 0.746. The average molecular weight is 228 g/mol. The summed E-state index contributed by atoms with van der Waals surface area (Å²) in [7, 11) is 2.27. The Balaban J connectivity index is 4.04. The molecule has 0 saturated carbocycles. The van der Waals surface area contributed by atoms with Gasteiger partial charge < -0.3 is 5.32 Å². The second-order valence-electron chi connectivity index (χ2n) is 5.42. The minimum absolute atomic E-state index is 0.692. The van der Waals surface area contributed by atoms with Crippen LogP contribution < -0.4 is 5.32 Å². The maximum absolute atomic E-state index is 3.59. The Labute approximate surface area is 103 Å². The highest BCUT2D eigenvalue weighted by Gasteiger charge is 2.17. The standard InChI is InChI=1S/C14H32N2/c1-7-9-14(11-15-10-12(3)4)16(6)13(5)8-2/h12-15H,7-11H2,1-6H3. The molecular weight excluding hydrogens is 196 g/mol. The van der Waals surface area contributed by atoms with Gasteiger partial charge in [-0.25, -0.2) is 0 Å². The molecule has 0 amide bonds. The summed E-state index contributed by atoms with van der Waals surface area (Å²) in [6, 6.07) is 1.39. The van der Waals surface area contributed by atoms with Gasteiger partial charge in [-0.15, -0.1) is 0 Å². The molecule has 0 radical (unpaired) electrons. The molecule has 0 saturated heterocycles. The van der Waals surface area contributed by atoms with Crippen LogP contribution in [0.4, 0.5) is 0 Å². The van der Waals surface area contributed by atoms with Crippen molar-refractivity contribution in [1.82, 2.24) is 10.2 Å². The molecule has 16 heavy (non-hydrogen) atoms. The van der Waals surface area contributed by atoms with Gasteiger partial charge >= 0.3 is 0 Å². The Bertz CT molecular complexity index is 157. The van der Waals surface area contributed by atoms with E-state index in [1.54, 1.807) is 0 Å². The molecule has 0 aromatic rings. The summed E-state index contributed by atoms with van der Waals surface area (Å²) < 4.78 is 0. The van der Waals surface area contributed by atoms with Crippen molar-refractivity contribution in [3.63, 3.8) is 0 Å². The third-order valence-corrected chi connectivity index (χ3v) is 3.42. The summed E-state index contributed by atoms with van der Waals surface area (Å²) in [5, 5.41) is 3.59. The van der Waals surface area contributed by atoms with Crippen molar-refractivity contribution in [2.45, 2.75) is 66.0 Å². The highest BCUT2D eigenvalue weighted by molar-refractivity contribution is 4.75. The van der Waals surface area contributed by atoms with Gasteiger partial charge in [-0.1, -0.05) is 34.1 Å². The first kappa shape index (κ1) is 15.9. The lowest BCUT2D eigenvalue weighted by Gasteiger charge is -2.33. The number of hydrogen-bond donors (Lipinski definition) is 1. The Morgan fingerprint density at radius 2 is 1.69 bits per heavy atom. The Kier molecular flexibility index (Phi) is 8.96. The van der Waals surface area contributed by atoms with Crippen molar-refractivity contribution >= 4 is 0 Å². The molecule has 0 aliphatic rings. The van der Waals surface area contributed by atoms with Gasteiger partial charge in [-0.2, -0.15) is 0 Å². The Morgan fingerprint density at radius 3 is 2.12 bits per heavy atom. The van der Waals surface area contributed by atoms with Gasteiger partial charge in [-0.3, -0.25) is 4.90 Å². The SMILES string of the molecule is CCCC(CNCC(C)C)N(C)C(C)CC. The molecule has 0 fully saturated rings. The maximum atomic E-state index is 3.59. The fourth-order valence-corrected chi connectivity index (χ4v) is 1.97. The molecular formula is C14H32N2. The number of nitrogens with one attached hydrogen (secondary N) is 1. The quantitative estimate of drug-likeness (QED) is 0.652. The first-order valence-corrected chi connectivity index (χ1v) is 6.95. The first-order valence-electron chi connectivity index (χ1n) is 6.95. The second kappa shape index (κ2) is 9.00. The maximum Gasteiger partial charge on any atom is 0.0220 e. The van der Waals surface area contributed by atoms with Crippen LogP contribution in [-0.4, -0.2) is 37.1 Å². The molecule has 2 atom stereocenters. The minimum atomic E-state index is 0.692. The fourth-order valence-electron chi connectivity index (χ4n) is 1.97. The molecule has 2 heteroatoms. The molecule has 0 heterocycles. The van der Waals surface area contributed by atoms with Crippen LogP contribution in [0.1, 0.15) is 53.9 Å². The summed E-state index contributed by atoms with van der Waals surface area (Å²) >= 11 is 0. The van der Waals surface area contributed by atoms with Crippen molar-refractivity contribution in [1.29, 1.82) is 0 Å². The van der Waals surface area contributed by atoms with Crippen molar-refractivity contribution in [3.8, 4) is 0 Å². The predicted octanol–water partition coefficient (Wildman–Crippen LogP) is 3.13. The molecule has 0 bridgehead atoms. The summed E-state index contributed by atoms with van der Waals surface area (Å²) in [5.41, 5.74) is 0. The summed E-state index contributed by atoms with van der Waals surface area (Å²) in [6.45, 7) is 13.7.